The minimum atomic E-state index is -0.167. The van der Waals surface area contributed by atoms with Gasteiger partial charge in [0.15, 0.2) is 0 Å². The molecular formula is C18H15N5OS. The number of fused-ring (bicyclic) bond motifs is 1. The summed E-state index contributed by atoms with van der Waals surface area (Å²) in [6, 6.07) is 7.66. The molecule has 0 bridgehead atoms. The van der Waals surface area contributed by atoms with Crippen molar-refractivity contribution in [3.63, 3.8) is 0 Å². The van der Waals surface area contributed by atoms with Crippen molar-refractivity contribution in [1.29, 1.82) is 0 Å². The van der Waals surface area contributed by atoms with Gasteiger partial charge in [0.25, 0.3) is 5.91 Å². The van der Waals surface area contributed by atoms with Crippen LogP contribution in [0, 0.1) is 0 Å². The van der Waals surface area contributed by atoms with Crippen LogP contribution in [0.15, 0.2) is 54.4 Å². The molecule has 4 aromatic heterocycles. The summed E-state index contributed by atoms with van der Waals surface area (Å²) in [6.45, 7) is 0.530. The van der Waals surface area contributed by atoms with Crippen molar-refractivity contribution in [2.45, 2.75) is 6.42 Å². The second-order valence-electron chi connectivity index (χ2n) is 5.50. The third kappa shape index (κ3) is 3.27. The lowest BCUT2D eigenvalue weighted by atomic mass is 10.2. The van der Waals surface area contributed by atoms with Crippen molar-refractivity contribution in [2.24, 2.45) is 0 Å². The van der Waals surface area contributed by atoms with E-state index in [-0.39, 0.29) is 5.91 Å². The molecule has 0 fully saturated rings. The summed E-state index contributed by atoms with van der Waals surface area (Å²) in [4.78, 5) is 28.3. The maximum absolute atomic E-state index is 12.3. The first-order chi connectivity index (χ1) is 12.3. The highest BCUT2D eigenvalue weighted by atomic mass is 32.1. The van der Waals surface area contributed by atoms with E-state index in [1.165, 1.54) is 11.3 Å². The van der Waals surface area contributed by atoms with Crippen molar-refractivity contribution in [1.82, 2.24) is 25.3 Å². The number of hydrogen-bond acceptors (Lipinski definition) is 5. The Hall–Kier alpha value is -3.06. The van der Waals surface area contributed by atoms with Crippen LogP contribution in [0.25, 0.3) is 21.6 Å². The molecule has 0 aliphatic carbocycles. The summed E-state index contributed by atoms with van der Waals surface area (Å²) >= 11 is 1.44. The number of rotatable bonds is 5. The van der Waals surface area contributed by atoms with E-state index in [0.29, 0.717) is 18.7 Å². The van der Waals surface area contributed by atoms with Crippen LogP contribution >= 0.6 is 11.3 Å². The summed E-state index contributed by atoms with van der Waals surface area (Å²) in [5, 5.41) is 5.47. The van der Waals surface area contributed by atoms with E-state index in [1.54, 1.807) is 24.0 Å². The fourth-order valence-corrected chi connectivity index (χ4v) is 3.39. The molecule has 25 heavy (non-hydrogen) atoms. The van der Waals surface area contributed by atoms with Gasteiger partial charge in [-0.2, -0.15) is 0 Å². The van der Waals surface area contributed by atoms with Gasteiger partial charge in [0, 0.05) is 42.3 Å². The van der Waals surface area contributed by atoms with Gasteiger partial charge in [-0.25, -0.2) is 4.98 Å². The van der Waals surface area contributed by atoms with Crippen LogP contribution in [0.5, 0.6) is 0 Å². The zero-order valence-corrected chi connectivity index (χ0v) is 14.1. The number of carbonyl (C=O) groups is 1. The average Bonchev–Trinajstić information content (AvgIpc) is 3.30. The molecular weight excluding hydrogens is 334 g/mol. The van der Waals surface area contributed by atoms with E-state index in [0.717, 1.165) is 27.2 Å². The van der Waals surface area contributed by atoms with Crippen molar-refractivity contribution >= 4 is 28.3 Å². The van der Waals surface area contributed by atoms with Crippen LogP contribution in [-0.4, -0.2) is 32.4 Å². The molecule has 4 heterocycles. The number of thiazole rings is 1. The molecule has 0 spiro atoms. The smallest absolute Gasteiger partial charge is 0.270 e. The van der Waals surface area contributed by atoms with Crippen LogP contribution in [0.4, 0.5) is 0 Å². The lowest BCUT2D eigenvalue weighted by Gasteiger charge is -2.02. The minimum Gasteiger partial charge on any atom is -0.360 e. The largest absolute Gasteiger partial charge is 0.360 e. The summed E-state index contributed by atoms with van der Waals surface area (Å²) in [7, 11) is 0. The highest BCUT2D eigenvalue weighted by Crippen LogP contribution is 2.22. The molecule has 7 heteroatoms. The van der Waals surface area contributed by atoms with Gasteiger partial charge in [0.1, 0.15) is 10.7 Å². The number of aromatic nitrogens is 4. The molecule has 0 unspecified atom stereocenters. The molecule has 1 amide bonds. The summed E-state index contributed by atoms with van der Waals surface area (Å²) in [6.07, 6.45) is 7.87. The van der Waals surface area contributed by atoms with Crippen molar-refractivity contribution in [3.8, 4) is 10.6 Å². The predicted molar refractivity (Wildman–Crippen MR) is 97.5 cm³/mol. The van der Waals surface area contributed by atoms with Gasteiger partial charge < -0.3 is 10.3 Å². The van der Waals surface area contributed by atoms with E-state index >= 15 is 0 Å². The molecule has 6 nitrogen and oxygen atoms in total. The Balaban J connectivity index is 1.39. The molecule has 0 saturated heterocycles. The van der Waals surface area contributed by atoms with E-state index in [4.69, 9.17) is 0 Å². The first-order valence-electron chi connectivity index (χ1n) is 7.86. The molecule has 4 rings (SSSR count). The van der Waals surface area contributed by atoms with E-state index in [2.05, 4.69) is 25.3 Å². The van der Waals surface area contributed by atoms with Crippen LogP contribution in [0.1, 0.15) is 16.1 Å². The topological polar surface area (TPSA) is 83.6 Å². The molecule has 0 radical (unpaired) electrons. The van der Waals surface area contributed by atoms with Crippen LogP contribution in [0.2, 0.25) is 0 Å². The van der Waals surface area contributed by atoms with E-state index in [1.807, 2.05) is 30.5 Å². The minimum absolute atomic E-state index is 0.167. The summed E-state index contributed by atoms with van der Waals surface area (Å²) < 4.78 is 0. The highest BCUT2D eigenvalue weighted by Gasteiger charge is 2.12. The lowest BCUT2D eigenvalue weighted by molar-refractivity contribution is 0.0950. The Labute approximate surface area is 148 Å². The van der Waals surface area contributed by atoms with Gasteiger partial charge in [-0.3, -0.25) is 14.8 Å². The first kappa shape index (κ1) is 15.5. The normalized spacial score (nSPS) is 10.9. The Bertz CT molecular complexity index is 1010. The third-order valence-electron chi connectivity index (χ3n) is 3.84. The molecule has 0 atom stereocenters. The van der Waals surface area contributed by atoms with Crippen LogP contribution in [-0.2, 0) is 6.42 Å². The summed E-state index contributed by atoms with van der Waals surface area (Å²) in [5.74, 6) is -0.167. The Kier molecular flexibility index (Phi) is 4.22. The fourth-order valence-electron chi connectivity index (χ4n) is 2.60. The molecule has 0 aliphatic heterocycles. The maximum Gasteiger partial charge on any atom is 0.270 e. The van der Waals surface area contributed by atoms with Crippen LogP contribution in [0.3, 0.4) is 0 Å². The number of aromatic amines is 1. The van der Waals surface area contributed by atoms with Gasteiger partial charge in [-0.05, 0) is 36.2 Å². The average molecular weight is 349 g/mol. The fraction of sp³-hybridized carbons (Fsp3) is 0.111. The Morgan fingerprint density at radius 3 is 3.04 bits per heavy atom. The quantitative estimate of drug-likeness (QED) is 0.580. The highest BCUT2D eigenvalue weighted by molar-refractivity contribution is 7.13. The van der Waals surface area contributed by atoms with E-state index in [9.17, 15) is 4.79 Å². The zero-order chi connectivity index (χ0) is 17.1. The molecule has 0 aliphatic rings. The number of pyridine rings is 2. The summed E-state index contributed by atoms with van der Waals surface area (Å²) in [5.41, 5.74) is 4.39. The lowest BCUT2D eigenvalue weighted by Crippen LogP contribution is -2.25. The monoisotopic (exact) mass is 349 g/mol. The number of amides is 1. The van der Waals surface area contributed by atoms with Crippen LogP contribution < -0.4 is 5.32 Å². The Morgan fingerprint density at radius 1 is 1.24 bits per heavy atom. The van der Waals surface area contributed by atoms with Gasteiger partial charge in [0.05, 0.1) is 11.0 Å². The second kappa shape index (κ2) is 6.82. The second-order valence-corrected chi connectivity index (χ2v) is 6.36. The zero-order valence-electron chi connectivity index (χ0n) is 13.3. The number of nitrogens with zero attached hydrogens (tertiary/aromatic N) is 3. The van der Waals surface area contributed by atoms with Crippen molar-refractivity contribution < 1.29 is 4.79 Å². The number of H-pyrrole nitrogens is 1. The third-order valence-corrected chi connectivity index (χ3v) is 4.73. The van der Waals surface area contributed by atoms with Gasteiger partial charge >= 0.3 is 0 Å². The van der Waals surface area contributed by atoms with Crippen molar-refractivity contribution in [3.05, 3.63) is 65.7 Å². The Morgan fingerprint density at radius 2 is 2.16 bits per heavy atom. The molecule has 0 saturated carbocycles. The first-order valence-corrected chi connectivity index (χ1v) is 8.74. The van der Waals surface area contributed by atoms with E-state index < -0.39 is 0 Å². The van der Waals surface area contributed by atoms with Gasteiger partial charge in [-0.1, -0.05) is 0 Å². The standard InChI is InChI=1S/C18H15N5OS/c24-17(15-11-25-18(23-15)13-3-1-6-19-9-13)21-8-5-12-10-22-14-4-2-7-20-16(12)14/h1-4,6-7,9-11,22H,5,8H2,(H,21,24). The van der Waals surface area contributed by atoms with Gasteiger partial charge in [0.2, 0.25) is 0 Å². The number of hydrogen-bond donors (Lipinski definition) is 2. The molecule has 4 aromatic rings. The maximum atomic E-state index is 12.3. The number of carbonyl (C=O) groups excluding carboxylic acids is 1. The molecule has 0 aromatic carbocycles. The SMILES string of the molecule is O=C(NCCc1c[nH]c2cccnc12)c1csc(-c2cccnc2)n1. The molecule has 2 N–H and O–H groups in total. The van der Waals surface area contributed by atoms with Gasteiger partial charge in [-0.15, -0.1) is 11.3 Å². The van der Waals surface area contributed by atoms with Crippen molar-refractivity contribution in [2.75, 3.05) is 6.54 Å². The number of nitrogens with one attached hydrogen (secondary N) is 2. The molecule has 124 valence electrons. The predicted octanol–water partition coefficient (Wildman–Crippen LogP) is 3.05.